The SMILES string of the molecule is COc1ccc(CN(Cc2ccc(F)c(F)c2)S(=O)(=O)c2ccc(C(=O)O)cc2)cc1. The van der Waals surface area contributed by atoms with Gasteiger partial charge in [-0.25, -0.2) is 22.0 Å². The van der Waals surface area contributed by atoms with Crippen LogP contribution in [0.25, 0.3) is 0 Å². The predicted octanol–water partition coefficient (Wildman–Crippen LogP) is 4.06. The molecule has 3 aromatic carbocycles. The fourth-order valence-electron chi connectivity index (χ4n) is 2.92. The zero-order valence-electron chi connectivity index (χ0n) is 16.5. The van der Waals surface area contributed by atoms with E-state index in [-0.39, 0.29) is 29.1 Å². The molecule has 3 rings (SSSR count). The highest BCUT2D eigenvalue weighted by atomic mass is 32.2. The van der Waals surface area contributed by atoms with Crippen molar-refractivity contribution in [1.29, 1.82) is 0 Å². The maximum atomic E-state index is 13.7. The Morgan fingerprint density at radius 3 is 2.03 bits per heavy atom. The molecule has 0 atom stereocenters. The van der Waals surface area contributed by atoms with Gasteiger partial charge < -0.3 is 9.84 Å². The number of aromatic carboxylic acids is 1. The number of carbonyl (C=O) groups is 1. The first kappa shape index (κ1) is 22.4. The van der Waals surface area contributed by atoms with E-state index in [1.807, 2.05) is 0 Å². The monoisotopic (exact) mass is 447 g/mol. The van der Waals surface area contributed by atoms with Crippen molar-refractivity contribution in [2.24, 2.45) is 0 Å². The van der Waals surface area contributed by atoms with Gasteiger partial charge in [0.05, 0.1) is 17.6 Å². The van der Waals surface area contributed by atoms with Crippen LogP contribution in [0.5, 0.6) is 5.75 Å². The number of sulfonamides is 1. The lowest BCUT2D eigenvalue weighted by Gasteiger charge is -2.23. The molecule has 0 fully saturated rings. The highest BCUT2D eigenvalue weighted by Gasteiger charge is 2.26. The van der Waals surface area contributed by atoms with Crippen molar-refractivity contribution >= 4 is 16.0 Å². The van der Waals surface area contributed by atoms with Crippen LogP contribution in [0, 0.1) is 11.6 Å². The van der Waals surface area contributed by atoms with Crippen molar-refractivity contribution in [3.05, 3.63) is 95.1 Å². The van der Waals surface area contributed by atoms with Crippen LogP contribution in [0.3, 0.4) is 0 Å². The van der Waals surface area contributed by atoms with Crippen molar-refractivity contribution in [1.82, 2.24) is 4.31 Å². The van der Waals surface area contributed by atoms with Gasteiger partial charge in [-0.15, -0.1) is 0 Å². The molecular formula is C22H19F2NO5S. The molecule has 0 radical (unpaired) electrons. The van der Waals surface area contributed by atoms with Gasteiger partial charge in [-0.3, -0.25) is 0 Å². The smallest absolute Gasteiger partial charge is 0.335 e. The minimum Gasteiger partial charge on any atom is -0.497 e. The van der Waals surface area contributed by atoms with Gasteiger partial charge in [0.2, 0.25) is 10.0 Å². The van der Waals surface area contributed by atoms with Crippen molar-refractivity contribution in [2.75, 3.05) is 7.11 Å². The number of ether oxygens (including phenoxy) is 1. The van der Waals surface area contributed by atoms with Gasteiger partial charge in [-0.1, -0.05) is 18.2 Å². The van der Waals surface area contributed by atoms with Gasteiger partial charge in [0.1, 0.15) is 5.75 Å². The van der Waals surface area contributed by atoms with E-state index in [0.29, 0.717) is 11.3 Å². The molecule has 0 unspecified atom stereocenters. The fraction of sp³-hybridized carbons (Fsp3) is 0.136. The van der Waals surface area contributed by atoms with Crippen LogP contribution in [-0.4, -0.2) is 30.9 Å². The van der Waals surface area contributed by atoms with E-state index in [9.17, 15) is 22.0 Å². The number of carboxylic acids is 1. The molecule has 0 aliphatic heterocycles. The van der Waals surface area contributed by atoms with Gasteiger partial charge in [0.25, 0.3) is 0 Å². The summed E-state index contributed by atoms with van der Waals surface area (Å²) < 4.78 is 59.7. The summed E-state index contributed by atoms with van der Waals surface area (Å²) in [5, 5.41) is 9.03. The zero-order chi connectivity index (χ0) is 22.6. The highest BCUT2D eigenvalue weighted by Crippen LogP contribution is 2.23. The van der Waals surface area contributed by atoms with Crippen LogP contribution < -0.4 is 4.74 Å². The van der Waals surface area contributed by atoms with Crippen LogP contribution in [-0.2, 0) is 23.1 Å². The third-order valence-electron chi connectivity index (χ3n) is 4.60. The third-order valence-corrected chi connectivity index (χ3v) is 6.41. The second-order valence-corrected chi connectivity index (χ2v) is 8.64. The van der Waals surface area contributed by atoms with E-state index >= 15 is 0 Å². The van der Waals surface area contributed by atoms with E-state index in [2.05, 4.69) is 0 Å². The van der Waals surface area contributed by atoms with E-state index in [1.54, 1.807) is 24.3 Å². The number of halogens is 2. The molecule has 0 saturated heterocycles. The van der Waals surface area contributed by atoms with Gasteiger partial charge in [-0.2, -0.15) is 4.31 Å². The summed E-state index contributed by atoms with van der Waals surface area (Å²) in [6.45, 7) is -0.266. The molecule has 0 bridgehead atoms. The van der Waals surface area contributed by atoms with Crippen molar-refractivity contribution in [3.63, 3.8) is 0 Å². The molecule has 31 heavy (non-hydrogen) atoms. The van der Waals surface area contributed by atoms with E-state index in [4.69, 9.17) is 9.84 Å². The Balaban J connectivity index is 1.97. The van der Waals surface area contributed by atoms with Gasteiger partial charge >= 0.3 is 5.97 Å². The standard InChI is InChI=1S/C22H19F2NO5S/c1-30-18-7-2-15(3-8-18)13-25(14-16-4-11-20(23)21(24)12-16)31(28,29)19-9-5-17(6-10-19)22(26)27/h2-12H,13-14H2,1H3,(H,26,27). The lowest BCUT2D eigenvalue weighted by molar-refractivity contribution is 0.0696. The maximum Gasteiger partial charge on any atom is 0.335 e. The summed E-state index contributed by atoms with van der Waals surface area (Å²) in [5.41, 5.74) is 0.855. The lowest BCUT2D eigenvalue weighted by Crippen LogP contribution is -2.30. The van der Waals surface area contributed by atoms with Crippen molar-refractivity contribution in [2.45, 2.75) is 18.0 Å². The second kappa shape index (κ2) is 9.23. The largest absolute Gasteiger partial charge is 0.497 e. The number of nitrogens with zero attached hydrogens (tertiary/aromatic N) is 1. The average Bonchev–Trinajstić information content (AvgIpc) is 2.76. The molecule has 0 aromatic heterocycles. The van der Waals surface area contributed by atoms with Crippen LogP contribution in [0.1, 0.15) is 21.5 Å². The third kappa shape index (κ3) is 5.25. The number of methoxy groups -OCH3 is 1. The summed E-state index contributed by atoms with van der Waals surface area (Å²) in [6.07, 6.45) is 0. The molecule has 0 amide bonds. The van der Waals surface area contributed by atoms with Crippen LogP contribution in [0.15, 0.2) is 71.6 Å². The summed E-state index contributed by atoms with van der Waals surface area (Å²) in [7, 11) is -2.58. The Kier molecular flexibility index (Phi) is 6.67. The Hall–Kier alpha value is -3.30. The summed E-state index contributed by atoms with van der Waals surface area (Å²) >= 11 is 0. The summed E-state index contributed by atoms with van der Waals surface area (Å²) in [5.74, 6) is -2.69. The topological polar surface area (TPSA) is 83.9 Å². The quantitative estimate of drug-likeness (QED) is 0.563. The fourth-order valence-corrected chi connectivity index (χ4v) is 4.34. The molecule has 9 heteroatoms. The molecule has 0 spiro atoms. The van der Waals surface area contributed by atoms with Crippen LogP contribution in [0.2, 0.25) is 0 Å². The van der Waals surface area contributed by atoms with Crippen LogP contribution in [0.4, 0.5) is 8.78 Å². The number of rotatable bonds is 8. The maximum absolute atomic E-state index is 13.7. The molecule has 3 aromatic rings. The number of hydrogen-bond donors (Lipinski definition) is 1. The number of carboxylic acid groups (broad SMARTS) is 1. The molecule has 0 heterocycles. The lowest BCUT2D eigenvalue weighted by atomic mass is 10.2. The summed E-state index contributed by atoms with van der Waals surface area (Å²) in [6, 6.07) is 14.7. The molecular weight excluding hydrogens is 428 g/mol. The van der Waals surface area contributed by atoms with Crippen LogP contribution >= 0.6 is 0 Å². The minimum atomic E-state index is -4.09. The Bertz CT molecular complexity index is 1180. The first-order chi connectivity index (χ1) is 14.7. The van der Waals surface area contributed by atoms with E-state index in [0.717, 1.165) is 16.4 Å². The van der Waals surface area contributed by atoms with Gasteiger partial charge in [-0.05, 0) is 59.7 Å². The summed E-state index contributed by atoms with van der Waals surface area (Å²) in [4.78, 5) is 10.9. The molecule has 0 saturated carbocycles. The first-order valence-electron chi connectivity index (χ1n) is 9.11. The van der Waals surface area contributed by atoms with Crippen molar-refractivity contribution in [3.8, 4) is 5.75 Å². The first-order valence-corrected chi connectivity index (χ1v) is 10.5. The zero-order valence-corrected chi connectivity index (χ0v) is 17.3. The molecule has 0 aliphatic carbocycles. The minimum absolute atomic E-state index is 0.0496. The van der Waals surface area contributed by atoms with Gasteiger partial charge in [0, 0.05) is 13.1 Å². The predicted molar refractivity (Wildman–Crippen MR) is 109 cm³/mol. The Morgan fingerprint density at radius 1 is 0.903 bits per heavy atom. The molecule has 162 valence electrons. The average molecular weight is 447 g/mol. The number of benzene rings is 3. The molecule has 1 N–H and O–H groups in total. The Morgan fingerprint density at radius 2 is 1.48 bits per heavy atom. The van der Waals surface area contributed by atoms with E-state index < -0.39 is 27.6 Å². The number of hydrogen-bond acceptors (Lipinski definition) is 4. The highest BCUT2D eigenvalue weighted by molar-refractivity contribution is 7.89. The molecule has 6 nitrogen and oxygen atoms in total. The van der Waals surface area contributed by atoms with E-state index in [1.165, 1.54) is 37.4 Å². The Labute approximate surface area is 178 Å². The molecule has 0 aliphatic rings. The normalized spacial score (nSPS) is 11.5. The van der Waals surface area contributed by atoms with Crippen molar-refractivity contribution < 1.29 is 31.8 Å². The second-order valence-electron chi connectivity index (χ2n) is 6.70. The van der Waals surface area contributed by atoms with Gasteiger partial charge in [0.15, 0.2) is 11.6 Å².